The molecule has 0 heterocycles. The van der Waals surface area contributed by atoms with E-state index in [1.54, 1.807) is 0 Å². The molecular formula is C14H15F2NOS. The van der Waals surface area contributed by atoms with E-state index >= 15 is 0 Å². The van der Waals surface area contributed by atoms with Crippen LogP contribution in [0.2, 0.25) is 0 Å². The molecule has 2 nitrogen and oxygen atoms in total. The molecule has 1 fully saturated rings. The molecule has 4 unspecified atom stereocenters. The molecule has 1 saturated carbocycles. The lowest BCUT2D eigenvalue weighted by atomic mass is 9.83. The largest absolute Gasteiger partial charge is 0.254 e. The summed E-state index contributed by atoms with van der Waals surface area (Å²) in [5, 5.41) is 8.70. The Labute approximate surface area is 113 Å². The third-order valence-electron chi connectivity index (χ3n) is 3.60. The number of nitrogens with zero attached hydrogens (tertiary/aromatic N) is 1. The predicted octanol–water partition coefficient (Wildman–Crippen LogP) is 3.40. The Kier molecular flexibility index (Phi) is 4.31. The monoisotopic (exact) mass is 283 g/mol. The Morgan fingerprint density at radius 3 is 2.79 bits per heavy atom. The molecule has 1 aliphatic carbocycles. The number of halogens is 2. The lowest BCUT2D eigenvalue weighted by molar-refractivity contribution is 0.340. The minimum Gasteiger partial charge on any atom is -0.254 e. The molecule has 19 heavy (non-hydrogen) atoms. The summed E-state index contributed by atoms with van der Waals surface area (Å²) in [7, 11) is -1.68. The van der Waals surface area contributed by atoms with Crippen LogP contribution in [0.4, 0.5) is 8.78 Å². The SMILES string of the molecule is CC1CCC(C#N)C(S(=O)c2cc(F)ccc2F)C1. The summed E-state index contributed by atoms with van der Waals surface area (Å²) in [6, 6.07) is 5.11. The summed E-state index contributed by atoms with van der Waals surface area (Å²) < 4.78 is 39.3. The Hall–Kier alpha value is -1.28. The van der Waals surface area contributed by atoms with Gasteiger partial charge < -0.3 is 0 Å². The van der Waals surface area contributed by atoms with Gasteiger partial charge in [-0.3, -0.25) is 4.21 Å². The van der Waals surface area contributed by atoms with Crippen LogP contribution in [0.5, 0.6) is 0 Å². The maximum absolute atomic E-state index is 13.7. The molecule has 102 valence electrons. The molecule has 1 aromatic carbocycles. The van der Waals surface area contributed by atoms with Gasteiger partial charge in [-0.05, 0) is 43.4 Å². The molecule has 0 spiro atoms. The first kappa shape index (κ1) is 14.1. The molecule has 1 aliphatic rings. The highest BCUT2D eigenvalue weighted by Gasteiger charge is 2.34. The van der Waals surface area contributed by atoms with Crippen LogP contribution in [-0.2, 0) is 10.8 Å². The lowest BCUT2D eigenvalue weighted by Crippen LogP contribution is -2.32. The van der Waals surface area contributed by atoms with Crippen LogP contribution in [0.15, 0.2) is 23.1 Å². The van der Waals surface area contributed by atoms with Crippen LogP contribution >= 0.6 is 0 Å². The summed E-state index contributed by atoms with van der Waals surface area (Å²) in [4.78, 5) is -0.126. The Balaban J connectivity index is 2.31. The number of benzene rings is 1. The van der Waals surface area contributed by atoms with Crippen LogP contribution in [0, 0.1) is 34.8 Å². The first-order valence-corrected chi connectivity index (χ1v) is 7.49. The molecule has 0 amide bonds. The van der Waals surface area contributed by atoms with Crippen molar-refractivity contribution in [2.24, 2.45) is 11.8 Å². The fourth-order valence-electron chi connectivity index (χ4n) is 2.51. The van der Waals surface area contributed by atoms with Gasteiger partial charge in [0.2, 0.25) is 0 Å². The second-order valence-electron chi connectivity index (χ2n) is 5.06. The summed E-state index contributed by atoms with van der Waals surface area (Å²) in [5.74, 6) is -1.27. The molecule has 0 radical (unpaired) electrons. The first-order valence-electron chi connectivity index (χ1n) is 6.28. The minimum atomic E-state index is -1.68. The van der Waals surface area contributed by atoms with Gasteiger partial charge >= 0.3 is 0 Å². The van der Waals surface area contributed by atoms with Gasteiger partial charge in [-0.25, -0.2) is 8.78 Å². The molecule has 0 aliphatic heterocycles. The zero-order valence-corrected chi connectivity index (χ0v) is 11.4. The maximum atomic E-state index is 13.7. The predicted molar refractivity (Wildman–Crippen MR) is 68.7 cm³/mol. The van der Waals surface area contributed by atoms with Crippen molar-refractivity contribution in [2.45, 2.75) is 36.3 Å². The normalized spacial score (nSPS) is 28.6. The second-order valence-corrected chi connectivity index (χ2v) is 6.70. The Bertz CT molecular complexity index is 541. The molecule has 0 aromatic heterocycles. The van der Waals surface area contributed by atoms with Crippen molar-refractivity contribution in [3.63, 3.8) is 0 Å². The molecule has 0 saturated heterocycles. The van der Waals surface area contributed by atoms with Gasteiger partial charge in [-0.15, -0.1) is 0 Å². The van der Waals surface area contributed by atoms with Gasteiger partial charge in [-0.2, -0.15) is 5.26 Å². The number of nitriles is 1. The fourth-order valence-corrected chi connectivity index (χ4v) is 4.32. The zero-order valence-electron chi connectivity index (χ0n) is 10.6. The van der Waals surface area contributed by atoms with E-state index in [-0.39, 0.29) is 10.8 Å². The van der Waals surface area contributed by atoms with Crippen molar-refractivity contribution in [3.8, 4) is 6.07 Å². The number of rotatable bonds is 2. The quantitative estimate of drug-likeness (QED) is 0.834. The zero-order chi connectivity index (χ0) is 14.0. The van der Waals surface area contributed by atoms with Crippen molar-refractivity contribution >= 4 is 10.8 Å². The van der Waals surface area contributed by atoms with E-state index in [4.69, 9.17) is 5.26 Å². The summed E-state index contributed by atoms with van der Waals surface area (Å²) in [6.45, 7) is 2.03. The van der Waals surface area contributed by atoms with Gasteiger partial charge in [0.15, 0.2) is 0 Å². The van der Waals surface area contributed by atoms with Crippen LogP contribution in [0.3, 0.4) is 0 Å². The van der Waals surface area contributed by atoms with Crippen LogP contribution in [0.1, 0.15) is 26.2 Å². The van der Waals surface area contributed by atoms with Crippen molar-refractivity contribution in [1.29, 1.82) is 5.26 Å². The van der Waals surface area contributed by atoms with E-state index in [9.17, 15) is 13.0 Å². The van der Waals surface area contributed by atoms with E-state index in [1.165, 1.54) is 0 Å². The van der Waals surface area contributed by atoms with E-state index in [1.807, 2.05) is 6.92 Å². The number of hydrogen-bond acceptors (Lipinski definition) is 2. The van der Waals surface area contributed by atoms with Crippen LogP contribution in [0.25, 0.3) is 0 Å². The van der Waals surface area contributed by atoms with Gasteiger partial charge in [0.25, 0.3) is 0 Å². The summed E-state index contributed by atoms with van der Waals surface area (Å²) >= 11 is 0. The van der Waals surface area contributed by atoms with Crippen molar-refractivity contribution in [2.75, 3.05) is 0 Å². The standard InChI is InChI=1S/C14H15F2NOS/c1-9-2-3-10(8-17)13(6-9)19(18)14-7-11(15)4-5-12(14)16/h4-5,7,9-10,13H,2-3,6H2,1H3. The van der Waals surface area contributed by atoms with Gasteiger partial charge in [0.1, 0.15) is 11.6 Å². The fraction of sp³-hybridized carbons (Fsp3) is 0.500. The molecule has 0 bridgehead atoms. The van der Waals surface area contributed by atoms with E-state index in [0.29, 0.717) is 18.8 Å². The Morgan fingerprint density at radius 2 is 2.11 bits per heavy atom. The molecule has 0 N–H and O–H groups in total. The minimum absolute atomic E-state index is 0.126. The van der Waals surface area contributed by atoms with Crippen LogP contribution in [-0.4, -0.2) is 9.46 Å². The van der Waals surface area contributed by atoms with Crippen LogP contribution < -0.4 is 0 Å². The highest BCUT2D eigenvalue weighted by Crippen LogP contribution is 2.34. The first-order chi connectivity index (χ1) is 9.02. The van der Waals surface area contributed by atoms with Gasteiger partial charge in [-0.1, -0.05) is 6.92 Å². The highest BCUT2D eigenvalue weighted by molar-refractivity contribution is 7.85. The third-order valence-corrected chi connectivity index (χ3v) is 5.42. The molecule has 2 rings (SSSR count). The lowest BCUT2D eigenvalue weighted by Gasteiger charge is -2.30. The van der Waals surface area contributed by atoms with Gasteiger partial charge in [0, 0.05) is 0 Å². The summed E-state index contributed by atoms with van der Waals surface area (Å²) in [5.41, 5.74) is 0. The highest BCUT2D eigenvalue weighted by atomic mass is 32.2. The second kappa shape index (κ2) is 5.79. The van der Waals surface area contributed by atoms with Crippen molar-refractivity contribution in [3.05, 3.63) is 29.8 Å². The smallest absolute Gasteiger partial charge is 0.139 e. The molecular weight excluding hydrogens is 268 g/mol. The number of hydrogen-bond donors (Lipinski definition) is 0. The van der Waals surface area contributed by atoms with Crippen molar-refractivity contribution < 1.29 is 13.0 Å². The van der Waals surface area contributed by atoms with Gasteiger partial charge in [0.05, 0.1) is 32.9 Å². The topological polar surface area (TPSA) is 40.9 Å². The maximum Gasteiger partial charge on any atom is 0.139 e. The Morgan fingerprint density at radius 1 is 1.37 bits per heavy atom. The van der Waals surface area contributed by atoms with E-state index in [0.717, 1.165) is 24.6 Å². The third kappa shape index (κ3) is 3.01. The average molecular weight is 283 g/mol. The molecule has 4 atom stereocenters. The van der Waals surface area contributed by atoms with E-state index < -0.39 is 27.7 Å². The van der Waals surface area contributed by atoms with Crippen molar-refractivity contribution in [1.82, 2.24) is 0 Å². The summed E-state index contributed by atoms with van der Waals surface area (Å²) in [6.07, 6.45) is 2.20. The molecule has 5 heteroatoms. The average Bonchev–Trinajstić information content (AvgIpc) is 2.40. The molecule has 1 aromatic rings. The van der Waals surface area contributed by atoms with E-state index in [2.05, 4.69) is 6.07 Å².